The third kappa shape index (κ3) is 3.52. The lowest BCUT2D eigenvalue weighted by molar-refractivity contribution is 0.190. The molecule has 2 atom stereocenters. The Bertz CT molecular complexity index is 921. The number of nitrogens with zero attached hydrogens (tertiary/aromatic N) is 2. The Morgan fingerprint density at radius 1 is 1.37 bits per heavy atom. The summed E-state index contributed by atoms with van der Waals surface area (Å²) >= 11 is 8.75. The zero-order valence-electron chi connectivity index (χ0n) is 15.1. The molecule has 146 valence electrons. The molecule has 1 saturated heterocycles. The summed E-state index contributed by atoms with van der Waals surface area (Å²) in [5.41, 5.74) is 2.39. The van der Waals surface area contributed by atoms with Crippen LogP contribution in [-0.4, -0.2) is 34.9 Å². The van der Waals surface area contributed by atoms with Crippen LogP contribution in [0.3, 0.4) is 0 Å². The number of fused-ring (bicyclic) bond motifs is 1. The fraction of sp³-hybridized carbons (Fsp3) is 0.526. The number of aromatic nitrogens is 2. The summed E-state index contributed by atoms with van der Waals surface area (Å²) in [7, 11) is 1.97. The molecule has 8 heteroatoms. The van der Waals surface area contributed by atoms with Gasteiger partial charge in [0.2, 0.25) is 0 Å². The minimum absolute atomic E-state index is 0.150. The van der Waals surface area contributed by atoms with E-state index in [4.69, 9.17) is 17.0 Å². The second kappa shape index (κ2) is 7.73. The topological polar surface area (TPSA) is 31.1 Å². The highest BCUT2D eigenvalue weighted by molar-refractivity contribution is 9.10. The lowest BCUT2D eigenvalue weighted by Crippen LogP contribution is -2.31. The third-order valence-corrected chi connectivity index (χ3v) is 6.74. The van der Waals surface area contributed by atoms with Gasteiger partial charge in [-0.15, -0.1) is 0 Å². The average molecular weight is 458 g/mol. The maximum atomic E-state index is 14.6. The molecule has 27 heavy (non-hydrogen) atoms. The molecule has 0 aliphatic carbocycles. The predicted octanol–water partition coefficient (Wildman–Crippen LogP) is 3.86. The zero-order chi connectivity index (χ0) is 19.1. The van der Waals surface area contributed by atoms with Crippen molar-refractivity contribution < 1.29 is 13.5 Å². The Hall–Kier alpha value is -1.09. The molecule has 2 aliphatic heterocycles. The molecule has 0 saturated carbocycles. The zero-order valence-corrected chi connectivity index (χ0v) is 17.5. The number of rotatable bonds is 5. The first-order chi connectivity index (χ1) is 13.0. The Balaban J connectivity index is 1.55. The first-order valence-corrected chi connectivity index (χ1v) is 10.4. The van der Waals surface area contributed by atoms with Crippen LogP contribution >= 0.6 is 28.1 Å². The van der Waals surface area contributed by atoms with Gasteiger partial charge in [0.05, 0.1) is 11.1 Å². The maximum Gasteiger partial charge on any atom is 0.179 e. The second-order valence-electron chi connectivity index (χ2n) is 7.27. The number of hydrogen-bond acceptors (Lipinski definition) is 3. The first-order valence-electron chi connectivity index (χ1n) is 9.19. The molecule has 0 spiro atoms. The SMILES string of the molecule is Cn1c(CCN[C@@H]2CCOC2)c2n(c1=S)C[C@H](c1c(F)ccc(Br)c1F)C2. The van der Waals surface area contributed by atoms with Gasteiger partial charge in [0.1, 0.15) is 11.6 Å². The van der Waals surface area contributed by atoms with E-state index in [0.717, 1.165) is 44.0 Å². The summed E-state index contributed by atoms with van der Waals surface area (Å²) in [4.78, 5) is 0. The van der Waals surface area contributed by atoms with Gasteiger partial charge in [0.25, 0.3) is 0 Å². The fourth-order valence-electron chi connectivity index (χ4n) is 4.21. The van der Waals surface area contributed by atoms with E-state index in [1.54, 1.807) is 0 Å². The summed E-state index contributed by atoms with van der Waals surface area (Å²) in [5.74, 6) is -1.24. The quantitative estimate of drug-likeness (QED) is 0.546. The minimum atomic E-state index is -0.509. The molecule has 2 aliphatic rings. The van der Waals surface area contributed by atoms with Crippen molar-refractivity contribution in [3.05, 3.63) is 50.0 Å². The van der Waals surface area contributed by atoms with E-state index in [1.807, 2.05) is 16.2 Å². The van der Waals surface area contributed by atoms with Gasteiger partial charge in [-0.1, -0.05) is 0 Å². The van der Waals surface area contributed by atoms with Gasteiger partial charge in [-0.3, -0.25) is 0 Å². The Morgan fingerprint density at radius 3 is 2.93 bits per heavy atom. The summed E-state index contributed by atoms with van der Waals surface area (Å²) in [6.45, 7) is 2.92. The molecule has 2 aromatic rings. The molecule has 1 aromatic carbocycles. The van der Waals surface area contributed by atoms with Gasteiger partial charge in [0.15, 0.2) is 4.77 Å². The van der Waals surface area contributed by atoms with Crippen molar-refractivity contribution in [2.45, 2.75) is 37.8 Å². The van der Waals surface area contributed by atoms with Crippen LogP contribution in [0.4, 0.5) is 8.78 Å². The normalized spacial score (nSPS) is 21.8. The number of benzene rings is 1. The van der Waals surface area contributed by atoms with Gasteiger partial charge in [-0.25, -0.2) is 8.78 Å². The predicted molar refractivity (Wildman–Crippen MR) is 106 cm³/mol. The average Bonchev–Trinajstić information content (AvgIpc) is 3.35. The van der Waals surface area contributed by atoms with Crippen LogP contribution in [0.25, 0.3) is 0 Å². The minimum Gasteiger partial charge on any atom is -0.380 e. The Morgan fingerprint density at radius 2 is 2.19 bits per heavy atom. The lowest BCUT2D eigenvalue weighted by Gasteiger charge is -2.14. The summed E-state index contributed by atoms with van der Waals surface area (Å²) < 4.78 is 39.4. The van der Waals surface area contributed by atoms with Crippen molar-refractivity contribution in [3.8, 4) is 0 Å². The summed E-state index contributed by atoms with van der Waals surface area (Å²) in [6.07, 6.45) is 2.46. The van der Waals surface area contributed by atoms with Gasteiger partial charge in [-0.2, -0.15) is 0 Å². The molecule has 1 fully saturated rings. The number of halogens is 3. The molecule has 3 heterocycles. The third-order valence-electron chi connectivity index (χ3n) is 5.64. The highest BCUT2D eigenvalue weighted by Gasteiger charge is 2.32. The van der Waals surface area contributed by atoms with Crippen molar-refractivity contribution in [1.82, 2.24) is 14.5 Å². The molecule has 0 radical (unpaired) electrons. The van der Waals surface area contributed by atoms with Crippen LogP contribution < -0.4 is 5.32 Å². The molecule has 1 aromatic heterocycles. The van der Waals surface area contributed by atoms with Crippen molar-refractivity contribution in [2.75, 3.05) is 19.8 Å². The highest BCUT2D eigenvalue weighted by Crippen LogP contribution is 2.37. The molecule has 0 amide bonds. The standard InChI is InChI=1S/C19H22BrF2N3OS/c1-24-15(4-6-23-12-5-7-26-10-12)16-8-11(9-25(16)19(24)27)17-14(21)3-2-13(20)18(17)22/h2-3,11-12,23H,4-10H2,1H3/t11-,12-/m1/s1. The maximum absolute atomic E-state index is 14.6. The molecular weight excluding hydrogens is 436 g/mol. The van der Waals surface area contributed by atoms with E-state index in [2.05, 4.69) is 21.2 Å². The van der Waals surface area contributed by atoms with E-state index < -0.39 is 11.6 Å². The monoisotopic (exact) mass is 457 g/mol. The number of hydrogen-bond donors (Lipinski definition) is 1. The van der Waals surface area contributed by atoms with E-state index >= 15 is 0 Å². The van der Waals surface area contributed by atoms with Gasteiger partial charge in [-0.05, 0) is 53.1 Å². The van der Waals surface area contributed by atoms with Crippen LogP contribution in [-0.2, 0) is 31.2 Å². The van der Waals surface area contributed by atoms with Gasteiger partial charge >= 0.3 is 0 Å². The van der Waals surface area contributed by atoms with E-state index in [0.29, 0.717) is 28.3 Å². The van der Waals surface area contributed by atoms with Gasteiger partial charge < -0.3 is 19.2 Å². The highest BCUT2D eigenvalue weighted by atomic mass is 79.9. The Labute approximate surface area is 170 Å². The number of imidazole rings is 1. The second-order valence-corrected chi connectivity index (χ2v) is 8.49. The largest absolute Gasteiger partial charge is 0.380 e. The Kier molecular flexibility index (Phi) is 5.51. The van der Waals surface area contributed by atoms with E-state index in [-0.39, 0.29) is 11.5 Å². The van der Waals surface area contributed by atoms with Gasteiger partial charge in [0, 0.05) is 62.1 Å². The van der Waals surface area contributed by atoms with Crippen molar-refractivity contribution in [3.63, 3.8) is 0 Å². The molecule has 4 nitrogen and oxygen atoms in total. The van der Waals surface area contributed by atoms with Crippen LogP contribution in [0.1, 0.15) is 29.3 Å². The molecular formula is C19H22BrF2N3OS. The fourth-order valence-corrected chi connectivity index (χ4v) is 4.85. The lowest BCUT2D eigenvalue weighted by atomic mass is 9.95. The molecule has 4 rings (SSSR count). The first kappa shape index (κ1) is 19.2. The number of ether oxygens (including phenoxy) is 1. The smallest absolute Gasteiger partial charge is 0.179 e. The summed E-state index contributed by atoms with van der Waals surface area (Å²) in [5, 5.41) is 3.52. The van der Waals surface area contributed by atoms with Crippen LogP contribution in [0.2, 0.25) is 0 Å². The summed E-state index contributed by atoms with van der Waals surface area (Å²) in [6, 6.07) is 3.14. The van der Waals surface area contributed by atoms with Crippen molar-refractivity contribution >= 4 is 28.1 Å². The van der Waals surface area contributed by atoms with E-state index in [9.17, 15) is 8.78 Å². The van der Waals surface area contributed by atoms with Crippen molar-refractivity contribution in [2.24, 2.45) is 7.05 Å². The van der Waals surface area contributed by atoms with Crippen LogP contribution in [0.15, 0.2) is 16.6 Å². The van der Waals surface area contributed by atoms with Crippen LogP contribution in [0, 0.1) is 16.4 Å². The van der Waals surface area contributed by atoms with E-state index in [1.165, 1.54) is 12.1 Å². The van der Waals surface area contributed by atoms with Crippen molar-refractivity contribution in [1.29, 1.82) is 0 Å². The molecule has 0 bridgehead atoms. The van der Waals surface area contributed by atoms with Crippen LogP contribution in [0.5, 0.6) is 0 Å². The number of nitrogens with one attached hydrogen (secondary N) is 1. The molecule has 1 N–H and O–H groups in total. The molecule has 0 unspecified atom stereocenters.